The third kappa shape index (κ3) is 4.40. The number of hydrogen-bond acceptors (Lipinski definition) is 6. The van der Waals surface area contributed by atoms with E-state index in [9.17, 15) is 13.2 Å². The second-order valence-corrected chi connectivity index (χ2v) is 8.34. The van der Waals surface area contributed by atoms with Gasteiger partial charge in [0.25, 0.3) is 5.91 Å². The lowest BCUT2D eigenvalue weighted by molar-refractivity contribution is 0.0984. The van der Waals surface area contributed by atoms with Gasteiger partial charge in [0.2, 0.25) is 10.0 Å². The van der Waals surface area contributed by atoms with Crippen molar-refractivity contribution in [3.63, 3.8) is 0 Å². The van der Waals surface area contributed by atoms with E-state index in [2.05, 4.69) is 9.71 Å². The Bertz CT molecular complexity index is 857. The minimum absolute atomic E-state index is 0.0259. The van der Waals surface area contributed by atoms with Gasteiger partial charge in [-0.1, -0.05) is 23.8 Å². The number of carbonyl (C=O) groups is 1. The third-order valence-electron chi connectivity index (χ3n) is 3.42. The van der Waals surface area contributed by atoms with Gasteiger partial charge in [0, 0.05) is 12.7 Å². The normalized spacial score (nSPS) is 11.5. The Morgan fingerprint density at radius 2 is 2.00 bits per heavy atom. The molecule has 0 radical (unpaired) electrons. The van der Waals surface area contributed by atoms with E-state index in [0.29, 0.717) is 15.6 Å². The Morgan fingerprint density at radius 1 is 1.29 bits per heavy atom. The van der Waals surface area contributed by atoms with E-state index in [1.54, 1.807) is 6.92 Å². The van der Waals surface area contributed by atoms with Crippen LogP contribution in [-0.4, -0.2) is 38.8 Å². The molecule has 0 spiro atoms. The van der Waals surface area contributed by atoms with Crippen LogP contribution in [0.3, 0.4) is 0 Å². The summed E-state index contributed by atoms with van der Waals surface area (Å²) in [5, 5.41) is 0.699. The van der Waals surface area contributed by atoms with Crippen LogP contribution in [0.15, 0.2) is 18.2 Å². The van der Waals surface area contributed by atoms with E-state index >= 15 is 0 Å². The Hall–Kier alpha value is -1.77. The number of amides is 1. The number of benzene rings is 1. The lowest BCUT2D eigenvalue weighted by Crippen LogP contribution is -2.33. The van der Waals surface area contributed by atoms with Gasteiger partial charge in [0.1, 0.15) is 9.88 Å². The van der Waals surface area contributed by atoms with Crippen molar-refractivity contribution in [2.24, 2.45) is 0 Å². The molecule has 0 saturated carbocycles. The molecule has 24 heavy (non-hydrogen) atoms. The van der Waals surface area contributed by atoms with Crippen LogP contribution < -0.4 is 4.72 Å². The van der Waals surface area contributed by atoms with E-state index in [4.69, 9.17) is 4.74 Å². The standard InChI is InChI=1S/C16H20N2O4S2/c1-10-5-6-13(11(2)9-10)16-17-12(3)14(23-16)15(19)18-24(20,21)8-7-22-4/h5-6,9H,7-8H2,1-4H3,(H,18,19). The third-order valence-corrected chi connectivity index (χ3v) is 5.81. The maximum atomic E-state index is 12.3. The first-order chi connectivity index (χ1) is 11.2. The quantitative estimate of drug-likeness (QED) is 0.846. The molecule has 0 fully saturated rings. The van der Waals surface area contributed by atoms with Crippen LogP contribution in [0.25, 0.3) is 10.6 Å². The average molecular weight is 368 g/mol. The molecule has 0 saturated heterocycles. The second kappa shape index (κ2) is 7.42. The fraction of sp³-hybridized carbons (Fsp3) is 0.375. The molecule has 6 nitrogen and oxygen atoms in total. The molecule has 0 atom stereocenters. The summed E-state index contributed by atoms with van der Waals surface area (Å²) in [7, 11) is -2.32. The number of hydrogen-bond donors (Lipinski definition) is 1. The molecule has 130 valence electrons. The van der Waals surface area contributed by atoms with Gasteiger partial charge < -0.3 is 4.74 Å². The van der Waals surface area contributed by atoms with Crippen LogP contribution in [0.1, 0.15) is 26.5 Å². The smallest absolute Gasteiger partial charge is 0.276 e. The van der Waals surface area contributed by atoms with Gasteiger partial charge in [-0.15, -0.1) is 11.3 Å². The number of aryl methyl sites for hydroxylation is 3. The molecule has 1 aromatic heterocycles. The van der Waals surface area contributed by atoms with Crippen LogP contribution in [0.5, 0.6) is 0 Å². The minimum Gasteiger partial charge on any atom is -0.384 e. The van der Waals surface area contributed by atoms with Gasteiger partial charge in [0.05, 0.1) is 18.1 Å². The van der Waals surface area contributed by atoms with Gasteiger partial charge in [-0.25, -0.2) is 18.1 Å². The highest BCUT2D eigenvalue weighted by atomic mass is 32.2. The molecular weight excluding hydrogens is 348 g/mol. The first-order valence-corrected chi connectivity index (χ1v) is 9.79. The summed E-state index contributed by atoms with van der Waals surface area (Å²) in [6.45, 7) is 5.71. The number of rotatable bonds is 6. The zero-order valence-corrected chi connectivity index (χ0v) is 15.7. The number of carbonyl (C=O) groups excluding carboxylic acids is 1. The maximum Gasteiger partial charge on any atom is 0.276 e. The van der Waals surface area contributed by atoms with Gasteiger partial charge >= 0.3 is 0 Å². The molecule has 0 aliphatic rings. The molecular formula is C16H20N2O4S2. The lowest BCUT2D eigenvalue weighted by atomic mass is 10.1. The molecule has 2 aromatic rings. The van der Waals surface area contributed by atoms with Gasteiger partial charge in [-0.3, -0.25) is 4.79 Å². The van der Waals surface area contributed by atoms with Crippen molar-refractivity contribution in [2.75, 3.05) is 19.5 Å². The number of ether oxygens (including phenoxy) is 1. The van der Waals surface area contributed by atoms with Crippen molar-refractivity contribution in [3.8, 4) is 10.6 Å². The van der Waals surface area contributed by atoms with Crippen LogP contribution in [0.2, 0.25) is 0 Å². The van der Waals surface area contributed by atoms with Crippen molar-refractivity contribution in [3.05, 3.63) is 39.9 Å². The molecule has 8 heteroatoms. The molecule has 2 rings (SSSR count). The number of thiazole rings is 1. The van der Waals surface area contributed by atoms with Crippen LogP contribution >= 0.6 is 11.3 Å². The van der Waals surface area contributed by atoms with Crippen molar-refractivity contribution in [1.82, 2.24) is 9.71 Å². The summed E-state index contributed by atoms with van der Waals surface area (Å²) < 4.78 is 30.4. The summed E-state index contributed by atoms with van der Waals surface area (Å²) in [4.78, 5) is 17.0. The number of nitrogens with one attached hydrogen (secondary N) is 1. The number of nitrogens with zero attached hydrogens (tertiary/aromatic N) is 1. The molecule has 1 N–H and O–H groups in total. The topological polar surface area (TPSA) is 85.4 Å². The van der Waals surface area contributed by atoms with Crippen molar-refractivity contribution in [2.45, 2.75) is 20.8 Å². The predicted octanol–water partition coefficient (Wildman–Crippen LogP) is 2.44. The fourth-order valence-corrected chi connectivity index (χ4v) is 4.20. The van der Waals surface area contributed by atoms with Crippen LogP contribution in [-0.2, 0) is 14.8 Å². The zero-order valence-electron chi connectivity index (χ0n) is 14.0. The van der Waals surface area contributed by atoms with Crippen molar-refractivity contribution < 1.29 is 17.9 Å². The largest absolute Gasteiger partial charge is 0.384 e. The van der Waals surface area contributed by atoms with E-state index in [1.807, 2.05) is 32.0 Å². The molecule has 0 aliphatic heterocycles. The Labute approximate surface area is 145 Å². The summed E-state index contributed by atoms with van der Waals surface area (Å²) >= 11 is 1.19. The molecule has 1 heterocycles. The Balaban J connectivity index is 2.27. The SMILES string of the molecule is COCCS(=O)(=O)NC(=O)c1sc(-c2ccc(C)cc2C)nc1C. The van der Waals surface area contributed by atoms with Gasteiger partial charge in [-0.2, -0.15) is 0 Å². The minimum atomic E-state index is -3.72. The number of aromatic nitrogens is 1. The summed E-state index contributed by atoms with van der Waals surface area (Å²) in [5.41, 5.74) is 3.65. The first-order valence-electron chi connectivity index (χ1n) is 7.32. The monoisotopic (exact) mass is 368 g/mol. The highest BCUT2D eigenvalue weighted by molar-refractivity contribution is 7.90. The maximum absolute atomic E-state index is 12.3. The molecule has 1 aromatic carbocycles. The second-order valence-electron chi connectivity index (χ2n) is 5.49. The number of sulfonamides is 1. The molecule has 1 amide bonds. The van der Waals surface area contributed by atoms with E-state index in [1.165, 1.54) is 18.4 Å². The zero-order chi connectivity index (χ0) is 17.9. The van der Waals surface area contributed by atoms with Crippen LogP contribution in [0.4, 0.5) is 0 Å². The van der Waals surface area contributed by atoms with Crippen LogP contribution in [0, 0.1) is 20.8 Å². The summed E-state index contributed by atoms with van der Waals surface area (Å²) in [6.07, 6.45) is 0. The van der Waals surface area contributed by atoms with E-state index in [-0.39, 0.29) is 12.4 Å². The van der Waals surface area contributed by atoms with Gasteiger partial charge in [-0.05, 0) is 26.3 Å². The highest BCUT2D eigenvalue weighted by Crippen LogP contribution is 2.30. The average Bonchev–Trinajstić information content (AvgIpc) is 2.86. The summed E-state index contributed by atoms with van der Waals surface area (Å²) in [6, 6.07) is 5.98. The molecule has 0 aliphatic carbocycles. The predicted molar refractivity (Wildman–Crippen MR) is 94.9 cm³/mol. The number of methoxy groups -OCH3 is 1. The molecule has 0 bridgehead atoms. The fourth-order valence-electron chi connectivity index (χ4n) is 2.21. The summed E-state index contributed by atoms with van der Waals surface area (Å²) in [5.74, 6) is -0.922. The van der Waals surface area contributed by atoms with E-state index in [0.717, 1.165) is 16.7 Å². The Kier molecular flexibility index (Phi) is 5.74. The first kappa shape index (κ1) is 18.6. The highest BCUT2D eigenvalue weighted by Gasteiger charge is 2.21. The molecule has 0 unspecified atom stereocenters. The van der Waals surface area contributed by atoms with Crippen molar-refractivity contribution >= 4 is 27.3 Å². The Morgan fingerprint density at radius 3 is 2.62 bits per heavy atom. The van der Waals surface area contributed by atoms with Crippen molar-refractivity contribution in [1.29, 1.82) is 0 Å². The van der Waals surface area contributed by atoms with Gasteiger partial charge in [0.15, 0.2) is 0 Å². The lowest BCUT2D eigenvalue weighted by Gasteiger charge is -2.05. The van der Waals surface area contributed by atoms with E-state index < -0.39 is 15.9 Å².